The second-order valence-electron chi connectivity index (χ2n) is 4.55. The number of fused-ring (bicyclic) bond motifs is 1. The van der Waals surface area contributed by atoms with Gasteiger partial charge in [0, 0.05) is 12.1 Å². The van der Waals surface area contributed by atoms with Crippen LogP contribution in [0.2, 0.25) is 0 Å². The van der Waals surface area contributed by atoms with Crippen molar-refractivity contribution >= 4 is 17.4 Å². The summed E-state index contributed by atoms with van der Waals surface area (Å²) in [6.45, 7) is 0. The number of hydrogen-bond acceptors (Lipinski definition) is 3. The first-order chi connectivity index (χ1) is 9.25. The van der Waals surface area contributed by atoms with Crippen molar-refractivity contribution < 1.29 is 4.92 Å². The van der Waals surface area contributed by atoms with Crippen LogP contribution in [0, 0.1) is 10.1 Å². The minimum Gasteiger partial charge on any atom is -0.258 e. The Bertz CT molecular complexity index is 627. The number of nitrogens with zero attached hydrogens (tertiary/aromatic N) is 1. The summed E-state index contributed by atoms with van der Waals surface area (Å²) >= 11 is 1.86. The van der Waals surface area contributed by atoms with E-state index in [0.29, 0.717) is 0 Å². The van der Waals surface area contributed by atoms with E-state index in [4.69, 9.17) is 0 Å². The van der Waals surface area contributed by atoms with Crippen LogP contribution in [-0.4, -0.2) is 10.7 Å². The zero-order valence-corrected chi connectivity index (χ0v) is 11.1. The number of rotatable bonds is 2. The van der Waals surface area contributed by atoms with E-state index >= 15 is 0 Å². The summed E-state index contributed by atoms with van der Waals surface area (Å²) < 4.78 is 0. The number of nitro groups is 1. The number of aryl methyl sites for hydroxylation is 1. The van der Waals surface area contributed by atoms with E-state index < -0.39 is 0 Å². The maximum atomic E-state index is 10.9. The number of non-ortho nitro benzene ring substituents is 1. The van der Waals surface area contributed by atoms with Gasteiger partial charge < -0.3 is 0 Å². The average Bonchev–Trinajstić information content (AvgIpc) is 2.47. The van der Waals surface area contributed by atoms with Gasteiger partial charge in [-0.15, -0.1) is 11.8 Å². The van der Waals surface area contributed by atoms with Gasteiger partial charge in [-0.3, -0.25) is 10.1 Å². The summed E-state index contributed by atoms with van der Waals surface area (Å²) in [5, 5.41) is 11.1. The lowest BCUT2D eigenvalue weighted by Crippen LogP contribution is -2.09. The van der Waals surface area contributed by atoms with E-state index in [2.05, 4.69) is 18.2 Å². The van der Waals surface area contributed by atoms with Crippen LogP contribution in [0.15, 0.2) is 48.5 Å². The number of hydrogen-bond donors (Lipinski definition) is 0. The summed E-state index contributed by atoms with van der Waals surface area (Å²) in [4.78, 5) is 10.5. The third-order valence-corrected chi connectivity index (χ3v) is 4.68. The summed E-state index contributed by atoms with van der Waals surface area (Å²) in [5.41, 5.74) is 3.84. The van der Waals surface area contributed by atoms with Gasteiger partial charge in [-0.05, 0) is 28.9 Å². The Kier molecular flexibility index (Phi) is 3.25. The highest BCUT2D eigenvalue weighted by Crippen LogP contribution is 2.42. The lowest BCUT2D eigenvalue weighted by Gasteiger charge is -2.25. The quantitative estimate of drug-likeness (QED) is 0.613. The molecule has 3 rings (SSSR count). The Morgan fingerprint density at radius 3 is 2.84 bits per heavy atom. The van der Waals surface area contributed by atoms with Crippen LogP contribution >= 0.6 is 11.8 Å². The normalized spacial score (nSPS) is 17.8. The van der Waals surface area contributed by atoms with Crippen LogP contribution in [-0.2, 0) is 6.42 Å². The van der Waals surface area contributed by atoms with Crippen LogP contribution in [0.4, 0.5) is 5.69 Å². The molecule has 2 aromatic rings. The average molecular weight is 271 g/mol. The summed E-state index contributed by atoms with van der Waals surface area (Å²) in [7, 11) is 0. The summed E-state index contributed by atoms with van der Waals surface area (Å²) in [6, 6.07) is 15.4. The second kappa shape index (κ2) is 5.05. The van der Waals surface area contributed by atoms with Gasteiger partial charge in [0.25, 0.3) is 5.69 Å². The topological polar surface area (TPSA) is 43.1 Å². The maximum absolute atomic E-state index is 10.9. The van der Waals surface area contributed by atoms with Crippen molar-refractivity contribution in [3.8, 4) is 0 Å². The molecular formula is C15H13NO2S. The van der Waals surface area contributed by atoms with Crippen molar-refractivity contribution in [1.82, 2.24) is 0 Å². The first kappa shape index (κ1) is 12.2. The molecule has 0 amide bonds. The fraction of sp³-hybridized carbons (Fsp3) is 0.200. The molecule has 0 N–H and O–H groups in total. The molecule has 19 heavy (non-hydrogen) atoms. The third kappa shape index (κ3) is 2.36. The molecule has 3 nitrogen and oxygen atoms in total. The van der Waals surface area contributed by atoms with Gasteiger partial charge in [-0.1, -0.05) is 36.4 Å². The van der Waals surface area contributed by atoms with Crippen molar-refractivity contribution in [2.75, 3.05) is 5.75 Å². The standard InChI is InChI=1S/C15H13NO2S/c17-16(18)13-6-3-5-12(10-13)15-14-7-2-1-4-11(14)8-9-19-15/h1-7,10,15H,8-9H2. The monoisotopic (exact) mass is 271 g/mol. The van der Waals surface area contributed by atoms with Gasteiger partial charge in [0.05, 0.1) is 10.2 Å². The zero-order chi connectivity index (χ0) is 13.2. The molecule has 4 heteroatoms. The predicted molar refractivity (Wildman–Crippen MR) is 77.5 cm³/mol. The largest absolute Gasteiger partial charge is 0.269 e. The number of thioether (sulfide) groups is 1. The molecule has 0 saturated carbocycles. The Morgan fingerprint density at radius 1 is 1.16 bits per heavy atom. The van der Waals surface area contributed by atoms with Gasteiger partial charge in [-0.2, -0.15) is 0 Å². The molecule has 0 aromatic heterocycles. The molecule has 0 saturated heterocycles. The van der Waals surface area contributed by atoms with Crippen LogP contribution in [0.25, 0.3) is 0 Å². The Balaban J connectivity index is 2.04. The zero-order valence-electron chi connectivity index (χ0n) is 10.3. The Labute approximate surface area is 115 Å². The minimum absolute atomic E-state index is 0.168. The van der Waals surface area contributed by atoms with E-state index in [0.717, 1.165) is 17.7 Å². The molecule has 1 aliphatic rings. The van der Waals surface area contributed by atoms with Crippen LogP contribution in [0.5, 0.6) is 0 Å². The number of nitro benzene ring substituents is 1. The van der Waals surface area contributed by atoms with Crippen molar-refractivity contribution in [3.05, 3.63) is 75.3 Å². The molecular weight excluding hydrogens is 258 g/mol. The molecule has 1 aliphatic heterocycles. The Morgan fingerprint density at radius 2 is 2.00 bits per heavy atom. The highest BCUT2D eigenvalue weighted by molar-refractivity contribution is 7.99. The molecule has 96 valence electrons. The van der Waals surface area contributed by atoms with Crippen LogP contribution in [0.1, 0.15) is 21.9 Å². The molecule has 0 aliphatic carbocycles. The van der Waals surface area contributed by atoms with E-state index in [9.17, 15) is 10.1 Å². The molecule has 1 heterocycles. The lowest BCUT2D eigenvalue weighted by atomic mass is 9.97. The molecule has 0 radical (unpaired) electrons. The first-order valence-corrected chi connectivity index (χ1v) is 7.24. The molecule has 2 aromatic carbocycles. The van der Waals surface area contributed by atoms with Crippen molar-refractivity contribution in [1.29, 1.82) is 0 Å². The molecule has 1 unspecified atom stereocenters. The van der Waals surface area contributed by atoms with Crippen molar-refractivity contribution in [2.24, 2.45) is 0 Å². The van der Waals surface area contributed by atoms with Gasteiger partial charge in [-0.25, -0.2) is 0 Å². The van der Waals surface area contributed by atoms with Crippen molar-refractivity contribution in [3.63, 3.8) is 0 Å². The highest BCUT2D eigenvalue weighted by Gasteiger charge is 2.23. The first-order valence-electron chi connectivity index (χ1n) is 6.19. The van der Waals surface area contributed by atoms with Crippen LogP contribution < -0.4 is 0 Å². The summed E-state index contributed by atoms with van der Waals surface area (Å²) in [6.07, 6.45) is 1.08. The van der Waals surface area contributed by atoms with E-state index in [1.165, 1.54) is 11.1 Å². The van der Waals surface area contributed by atoms with Gasteiger partial charge in [0.2, 0.25) is 0 Å². The number of benzene rings is 2. The Hall–Kier alpha value is -1.81. The fourth-order valence-corrected chi connectivity index (χ4v) is 3.79. The predicted octanol–water partition coefficient (Wildman–Crippen LogP) is 3.97. The third-order valence-electron chi connectivity index (χ3n) is 3.38. The SMILES string of the molecule is O=[N+]([O-])c1cccc(C2SCCc3ccccc32)c1. The fourth-order valence-electron chi connectivity index (χ4n) is 2.47. The van der Waals surface area contributed by atoms with Gasteiger partial charge in [0.15, 0.2) is 0 Å². The van der Waals surface area contributed by atoms with Crippen LogP contribution in [0.3, 0.4) is 0 Å². The molecule has 0 fully saturated rings. The maximum Gasteiger partial charge on any atom is 0.269 e. The lowest BCUT2D eigenvalue weighted by molar-refractivity contribution is -0.384. The van der Waals surface area contributed by atoms with E-state index in [-0.39, 0.29) is 15.9 Å². The molecule has 0 spiro atoms. The van der Waals surface area contributed by atoms with Gasteiger partial charge >= 0.3 is 0 Å². The van der Waals surface area contributed by atoms with E-state index in [1.54, 1.807) is 18.2 Å². The van der Waals surface area contributed by atoms with Crippen molar-refractivity contribution in [2.45, 2.75) is 11.7 Å². The summed E-state index contributed by atoms with van der Waals surface area (Å²) in [5.74, 6) is 1.06. The molecule has 0 bridgehead atoms. The highest BCUT2D eigenvalue weighted by atomic mass is 32.2. The van der Waals surface area contributed by atoms with Gasteiger partial charge in [0.1, 0.15) is 0 Å². The smallest absolute Gasteiger partial charge is 0.258 e. The molecule has 1 atom stereocenters. The minimum atomic E-state index is -0.330. The van der Waals surface area contributed by atoms with E-state index in [1.807, 2.05) is 23.9 Å². The second-order valence-corrected chi connectivity index (χ2v) is 5.76.